The van der Waals surface area contributed by atoms with Crippen LogP contribution in [-0.2, 0) is 0 Å². The lowest BCUT2D eigenvalue weighted by atomic mass is 10.00. The number of rotatable bonds is 5. The molecule has 2 rings (SSSR count). The van der Waals surface area contributed by atoms with Gasteiger partial charge in [-0.15, -0.1) is 24.0 Å². The van der Waals surface area contributed by atoms with E-state index in [1.54, 1.807) is 7.11 Å². The molecule has 0 aliphatic heterocycles. The van der Waals surface area contributed by atoms with Crippen molar-refractivity contribution >= 4 is 35.6 Å². The number of ether oxygens (including phenoxy) is 1. The van der Waals surface area contributed by atoms with Crippen molar-refractivity contribution in [2.75, 3.05) is 19.0 Å². The highest BCUT2D eigenvalue weighted by molar-refractivity contribution is 14.0. The molecule has 1 heterocycles. The Morgan fingerprint density at radius 1 is 1.35 bits per heavy atom. The van der Waals surface area contributed by atoms with Gasteiger partial charge in [0.25, 0.3) is 0 Å². The summed E-state index contributed by atoms with van der Waals surface area (Å²) in [5.41, 5.74) is 8.79. The minimum Gasteiger partial charge on any atom is -0.497 e. The summed E-state index contributed by atoms with van der Waals surface area (Å²) in [4.78, 5) is 4.38. The van der Waals surface area contributed by atoms with Gasteiger partial charge >= 0.3 is 0 Å². The number of benzene rings is 1. The quantitative estimate of drug-likeness (QED) is 0.431. The molecular weight excluding hydrogens is 407 g/mol. The van der Waals surface area contributed by atoms with Crippen LogP contribution in [0.25, 0.3) is 0 Å². The number of guanidine groups is 1. The van der Waals surface area contributed by atoms with Gasteiger partial charge in [-0.2, -0.15) is 0 Å². The molecule has 126 valence electrons. The van der Waals surface area contributed by atoms with E-state index < -0.39 is 0 Å². The second kappa shape index (κ2) is 8.76. The number of aliphatic imine (C=N–C) groups is 1. The second-order valence-corrected chi connectivity index (χ2v) is 5.22. The summed E-state index contributed by atoms with van der Waals surface area (Å²) in [6.07, 6.45) is 0. The van der Waals surface area contributed by atoms with E-state index in [4.69, 9.17) is 15.0 Å². The molecule has 0 amide bonds. The van der Waals surface area contributed by atoms with Gasteiger partial charge < -0.3 is 20.3 Å². The van der Waals surface area contributed by atoms with Gasteiger partial charge in [-0.25, -0.2) is 0 Å². The van der Waals surface area contributed by atoms with Crippen LogP contribution in [-0.4, -0.2) is 24.8 Å². The molecule has 1 atom stereocenters. The minimum atomic E-state index is 0. The first kappa shape index (κ1) is 19.3. The zero-order chi connectivity index (χ0) is 16.1. The lowest BCUT2D eigenvalue weighted by molar-refractivity contribution is 0.391. The van der Waals surface area contributed by atoms with Crippen LogP contribution in [0.4, 0.5) is 5.69 Å². The molecule has 1 aromatic heterocycles. The first-order valence-corrected chi connectivity index (χ1v) is 7.15. The predicted molar refractivity (Wildman–Crippen MR) is 103 cm³/mol. The number of nitrogens with one attached hydrogen (secondary N) is 1. The van der Waals surface area contributed by atoms with Crippen molar-refractivity contribution in [3.8, 4) is 5.75 Å². The van der Waals surface area contributed by atoms with E-state index in [1.165, 1.54) is 0 Å². The topological polar surface area (TPSA) is 85.7 Å². The summed E-state index contributed by atoms with van der Waals surface area (Å²) >= 11 is 0. The summed E-state index contributed by atoms with van der Waals surface area (Å²) in [6.45, 7) is 6.49. The standard InChI is InChI=1S/C16H22N4O2.HI/c1-10(15-11(2)20-22-12(15)3)9-18-16(17)19-13-5-7-14(21-4)8-6-13;/h5-8,10H,9H2,1-4H3,(H3,17,18,19);1H. The Balaban J connectivity index is 0.00000264. The van der Waals surface area contributed by atoms with Crippen molar-refractivity contribution < 1.29 is 9.26 Å². The van der Waals surface area contributed by atoms with Gasteiger partial charge in [-0.3, -0.25) is 4.99 Å². The number of hydrogen-bond acceptors (Lipinski definition) is 4. The largest absolute Gasteiger partial charge is 0.497 e. The van der Waals surface area contributed by atoms with Gasteiger partial charge in [-0.05, 0) is 38.1 Å². The van der Waals surface area contributed by atoms with Crippen LogP contribution in [0.3, 0.4) is 0 Å². The van der Waals surface area contributed by atoms with Crippen LogP contribution >= 0.6 is 24.0 Å². The molecule has 0 saturated carbocycles. The number of aromatic nitrogens is 1. The molecule has 0 saturated heterocycles. The highest BCUT2D eigenvalue weighted by Gasteiger charge is 2.15. The lowest BCUT2D eigenvalue weighted by Crippen LogP contribution is -2.23. The number of nitrogens with zero attached hydrogens (tertiary/aromatic N) is 2. The van der Waals surface area contributed by atoms with E-state index in [2.05, 4.69) is 22.4 Å². The van der Waals surface area contributed by atoms with Crippen molar-refractivity contribution in [2.45, 2.75) is 26.7 Å². The highest BCUT2D eigenvalue weighted by Crippen LogP contribution is 2.23. The molecule has 1 unspecified atom stereocenters. The Kier molecular flexibility index (Phi) is 7.34. The normalized spacial score (nSPS) is 12.4. The van der Waals surface area contributed by atoms with Crippen molar-refractivity contribution in [3.05, 3.63) is 41.3 Å². The molecule has 1 aromatic carbocycles. The summed E-state index contributed by atoms with van der Waals surface area (Å²) in [5.74, 6) is 2.21. The Morgan fingerprint density at radius 2 is 2.00 bits per heavy atom. The summed E-state index contributed by atoms with van der Waals surface area (Å²) in [5, 5.41) is 7.02. The number of anilines is 1. The van der Waals surface area contributed by atoms with Gasteiger partial charge in [0, 0.05) is 23.7 Å². The Hall–Kier alpha value is -1.77. The average Bonchev–Trinajstić information content (AvgIpc) is 2.85. The lowest BCUT2D eigenvalue weighted by Gasteiger charge is -2.10. The van der Waals surface area contributed by atoms with Crippen molar-refractivity contribution in [1.82, 2.24) is 5.16 Å². The van der Waals surface area contributed by atoms with E-state index >= 15 is 0 Å². The monoisotopic (exact) mass is 430 g/mol. The van der Waals surface area contributed by atoms with Crippen molar-refractivity contribution in [3.63, 3.8) is 0 Å². The fourth-order valence-corrected chi connectivity index (χ4v) is 2.38. The molecule has 3 N–H and O–H groups in total. The minimum absolute atomic E-state index is 0. The molecule has 0 bridgehead atoms. The first-order chi connectivity index (χ1) is 10.5. The fourth-order valence-electron chi connectivity index (χ4n) is 2.38. The molecule has 0 spiro atoms. The van der Waals surface area contributed by atoms with Gasteiger partial charge in [-0.1, -0.05) is 12.1 Å². The van der Waals surface area contributed by atoms with Crippen LogP contribution in [0.15, 0.2) is 33.8 Å². The number of aryl methyl sites for hydroxylation is 2. The molecule has 7 heteroatoms. The van der Waals surface area contributed by atoms with Crippen LogP contribution < -0.4 is 15.8 Å². The number of nitrogens with two attached hydrogens (primary N) is 1. The van der Waals surface area contributed by atoms with E-state index in [9.17, 15) is 0 Å². The number of methoxy groups -OCH3 is 1. The second-order valence-electron chi connectivity index (χ2n) is 5.22. The van der Waals surface area contributed by atoms with E-state index in [1.807, 2.05) is 38.1 Å². The molecule has 6 nitrogen and oxygen atoms in total. The van der Waals surface area contributed by atoms with E-state index in [0.29, 0.717) is 12.5 Å². The predicted octanol–water partition coefficient (Wildman–Crippen LogP) is 3.45. The summed E-state index contributed by atoms with van der Waals surface area (Å²) in [6, 6.07) is 7.50. The molecule has 0 fully saturated rings. The van der Waals surface area contributed by atoms with Gasteiger partial charge in [0.05, 0.1) is 12.8 Å². The maximum Gasteiger partial charge on any atom is 0.193 e. The smallest absolute Gasteiger partial charge is 0.193 e. The maximum atomic E-state index is 5.92. The van der Waals surface area contributed by atoms with Crippen LogP contribution in [0.1, 0.15) is 29.9 Å². The SMILES string of the molecule is COc1ccc(NC(N)=NCC(C)c2c(C)noc2C)cc1.I. The van der Waals surface area contributed by atoms with Gasteiger partial charge in [0.1, 0.15) is 11.5 Å². The first-order valence-electron chi connectivity index (χ1n) is 7.15. The summed E-state index contributed by atoms with van der Waals surface area (Å²) < 4.78 is 10.3. The molecule has 2 aromatic rings. The molecule has 0 aliphatic carbocycles. The Labute approximate surface area is 153 Å². The third kappa shape index (κ3) is 5.12. The van der Waals surface area contributed by atoms with E-state index in [0.717, 1.165) is 28.5 Å². The highest BCUT2D eigenvalue weighted by atomic mass is 127. The van der Waals surface area contributed by atoms with Gasteiger partial charge in [0.15, 0.2) is 5.96 Å². The third-order valence-electron chi connectivity index (χ3n) is 3.48. The van der Waals surface area contributed by atoms with Crippen molar-refractivity contribution in [1.29, 1.82) is 0 Å². The number of hydrogen-bond donors (Lipinski definition) is 2. The third-order valence-corrected chi connectivity index (χ3v) is 3.48. The molecule has 0 radical (unpaired) electrons. The molecule has 0 aliphatic rings. The average molecular weight is 430 g/mol. The Morgan fingerprint density at radius 3 is 2.52 bits per heavy atom. The van der Waals surface area contributed by atoms with Crippen LogP contribution in [0.2, 0.25) is 0 Å². The van der Waals surface area contributed by atoms with Gasteiger partial charge in [0.2, 0.25) is 0 Å². The Bertz CT molecular complexity index is 633. The summed E-state index contributed by atoms with van der Waals surface area (Å²) in [7, 11) is 1.63. The van der Waals surface area contributed by atoms with Crippen LogP contribution in [0, 0.1) is 13.8 Å². The number of halogens is 1. The van der Waals surface area contributed by atoms with E-state index in [-0.39, 0.29) is 29.9 Å². The van der Waals surface area contributed by atoms with Crippen molar-refractivity contribution in [2.24, 2.45) is 10.7 Å². The zero-order valence-electron chi connectivity index (χ0n) is 13.8. The molecular formula is C16H23IN4O2. The van der Waals surface area contributed by atoms with Crippen LogP contribution in [0.5, 0.6) is 5.75 Å². The zero-order valence-corrected chi connectivity index (χ0v) is 16.1. The molecule has 23 heavy (non-hydrogen) atoms. The fraction of sp³-hybridized carbons (Fsp3) is 0.375. The maximum absolute atomic E-state index is 5.92.